The molecule has 3 aromatic rings. The first kappa shape index (κ1) is 18.6. The molecule has 6 nitrogen and oxygen atoms in total. The molecule has 8 heteroatoms. The molecular formula is C20H19ClFN5O. The minimum atomic E-state index is -0.302. The van der Waals surface area contributed by atoms with Gasteiger partial charge in [-0.1, -0.05) is 23.7 Å². The number of rotatable bonds is 5. The van der Waals surface area contributed by atoms with E-state index in [1.807, 2.05) is 12.1 Å². The van der Waals surface area contributed by atoms with Crippen molar-refractivity contribution in [3.63, 3.8) is 0 Å². The molecule has 0 radical (unpaired) electrons. The molecule has 0 bridgehead atoms. The van der Waals surface area contributed by atoms with Gasteiger partial charge in [-0.05, 0) is 30.2 Å². The van der Waals surface area contributed by atoms with Gasteiger partial charge in [0.25, 0.3) is 5.91 Å². The maximum atomic E-state index is 13.5. The smallest absolute Gasteiger partial charge is 0.273 e. The zero-order valence-electron chi connectivity index (χ0n) is 15.3. The fraction of sp³-hybridized carbons (Fsp3) is 0.250. The number of aryl methyl sites for hydroxylation is 1. The van der Waals surface area contributed by atoms with E-state index in [0.717, 1.165) is 22.4 Å². The molecule has 144 valence electrons. The SMILES string of the molecule is Cn1ncc(Cl)c1-c1cnc2c(c1)CN([C@H](CN)Cc1cccc(F)c1)C2=O. The Kier molecular flexibility index (Phi) is 4.87. The van der Waals surface area contributed by atoms with Gasteiger partial charge in [-0.2, -0.15) is 5.10 Å². The molecule has 1 atom stereocenters. The highest BCUT2D eigenvalue weighted by molar-refractivity contribution is 6.33. The molecule has 0 spiro atoms. The van der Waals surface area contributed by atoms with Gasteiger partial charge in [-0.25, -0.2) is 4.39 Å². The van der Waals surface area contributed by atoms with Crippen LogP contribution in [0, 0.1) is 5.82 Å². The molecular weight excluding hydrogens is 381 g/mol. The van der Waals surface area contributed by atoms with Gasteiger partial charge >= 0.3 is 0 Å². The third kappa shape index (κ3) is 3.27. The highest BCUT2D eigenvalue weighted by Crippen LogP contribution is 2.31. The number of amides is 1. The van der Waals surface area contributed by atoms with Crippen molar-refractivity contribution in [2.45, 2.75) is 19.0 Å². The number of benzene rings is 1. The van der Waals surface area contributed by atoms with Gasteiger partial charge in [0.05, 0.1) is 16.9 Å². The Morgan fingerprint density at radius 3 is 2.82 bits per heavy atom. The van der Waals surface area contributed by atoms with Crippen LogP contribution in [0.2, 0.25) is 5.02 Å². The summed E-state index contributed by atoms with van der Waals surface area (Å²) in [6.07, 6.45) is 3.69. The molecule has 0 fully saturated rings. The second-order valence-electron chi connectivity index (χ2n) is 6.85. The molecule has 1 aliphatic rings. The van der Waals surface area contributed by atoms with Crippen molar-refractivity contribution in [2.24, 2.45) is 12.8 Å². The third-order valence-corrected chi connectivity index (χ3v) is 5.29. The summed E-state index contributed by atoms with van der Waals surface area (Å²) in [5, 5.41) is 4.67. The Labute approximate surface area is 166 Å². The number of nitrogens with two attached hydrogens (primary N) is 1. The van der Waals surface area contributed by atoms with Crippen LogP contribution in [-0.2, 0) is 20.0 Å². The number of aromatic nitrogens is 3. The van der Waals surface area contributed by atoms with E-state index in [1.165, 1.54) is 12.1 Å². The van der Waals surface area contributed by atoms with Crippen molar-refractivity contribution in [3.8, 4) is 11.3 Å². The second-order valence-corrected chi connectivity index (χ2v) is 7.26. The van der Waals surface area contributed by atoms with Gasteiger partial charge in [-0.3, -0.25) is 14.5 Å². The summed E-state index contributed by atoms with van der Waals surface area (Å²) in [6.45, 7) is 0.679. The monoisotopic (exact) mass is 399 g/mol. The van der Waals surface area contributed by atoms with Crippen LogP contribution in [0.5, 0.6) is 0 Å². The average molecular weight is 400 g/mol. The Bertz CT molecular complexity index is 1030. The van der Waals surface area contributed by atoms with E-state index in [4.69, 9.17) is 17.3 Å². The quantitative estimate of drug-likeness (QED) is 0.715. The average Bonchev–Trinajstić information content (AvgIpc) is 3.18. The summed E-state index contributed by atoms with van der Waals surface area (Å²) < 4.78 is 15.2. The molecule has 0 unspecified atom stereocenters. The fourth-order valence-corrected chi connectivity index (χ4v) is 3.91. The van der Waals surface area contributed by atoms with Crippen LogP contribution in [0.3, 0.4) is 0 Å². The Morgan fingerprint density at radius 1 is 1.32 bits per heavy atom. The molecule has 0 saturated heterocycles. The van der Waals surface area contributed by atoms with E-state index in [9.17, 15) is 9.18 Å². The van der Waals surface area contributed by atoms with Crippen LogP contribution in [0.1, 0.15) is 21.6 Å². The number of nitrogens with zero attached hydrogens (tertiary/aromatic N) is 4. The molecule has 1 aliphatic heterocycles. The van der Waals surface area contributed by atoms with Crippen LogP contribution >= 0.6 is 11.6 Å². The highest BCUT2D eigenvalue weighted by atomic mass is 35.5. The number of carbonyl (C=O) groups is 1. The first-order chi connectivity index (χ1) is 13.5. The van der Waals surface area contributed by atoms with Gasteiger partial charge in [-0.15, -0.1) is 0 Å². The first-order valence-corrected chi connectivity index (χ1v) is 9.28. The Morgan fingerprint density at radius 2 is 2.14 bits per heavy atom. The molecule has 3 heterocycles. The summed E-state index contributed by atoms with van der Waals surface area (Å²) in [5.41, 5.74) is 9.53. The lowest BCUT2D eigenvalue weighted by Gasteiger charge is -2.26. The molecule has 2 N–H and O–H groups in total. The molecule has 0 saturated carbocycles. The van der Waals surface area contributed by atoms with Crippen molar-refractivity contribution in [1.29, 1.82) is 0 Å². The summed E-state index contributed by atoms with van der Waals surface area (Å²) >= 11 is 6.23. The maximum Gasteiger partial charge on any atom is 0.273 e. The summed E-state index contributed by atoms with van der Waals surface area (Å²) in [7, 11) is 1.80. The topological polar surface area (TPSA) is 77.0 Å². The number of carbonyl (C=O) groups excluding carboxylic acids is 1. The van der Waals surface area contributed by atoms with E-state index >= 15 is 0 Å². The van der Waals surface area contributed by atoms with Crippen molar-refractivity contribution in [3.05, 3.63) is 70.4 Å². The molecule has 0 aliphatic carbocycles. The van der Waals surface area contributed by atoms with E-state index in [0.29, 0.717) is 23.7 Å². The van der Waals surface area contributed by atoms with Crippen molar-refractivity contribution in [1.82, 2.24) is 19.7 Å². The zero-order chi connectivity index (χ0) is 19.8. The standard InChI is InChI=1S/C20H19ClFN5O/c1-26-19(17(21)10-25-26)13-7-14-11-27(20(28)18(14)24-9-13)16(8-23)6-12-3-2-4-15(22)5-12/h2-5,7,9-10,16H,6,8,11,23H2,1H3/t16-/m0/s1. The van der Waals surface area contributed by atoms with Crippen molar-refractivity contribution < 1.29 is 9.18 Å². The third-order valence-electron chi connectivity index (χ3n) is 5.01. The van der Waals surface area contributed by atoms with Crippen LogP contribution in [0.4, 0.5) is 4.39 Å². The zero-order valence-corrected chi connectivity index (χ0v) is 16.0. The van der Waals surface area contributed by atoms with Crippen LogP contribution in [-0.4, -0.2) is 38.2 Å². The van der Waals surface area contributed by atoms with Gasteiger partial charge in [0, 0.05) is 43.5 Å². The predicted octanol–water partition coefficient (Wildman–Crippen LogP) is 2.80. The van der Waals surface area contributed by atoms with Gasteiger partial charge in [0.2, 0.25) is 0 Å². The molecule has 1 aromatic carbocycles. The first-order valence-electron chi connectivity index (χ1n) is 8.90. The minimum absolute atomic E-state index is 0.162. The number of fused-ring (bicyclic) bond motifs is 1. The van der Waals surface area contributed by atoms with Gasteiger partial charge in [0.1, 0.15) is 11.5 Å². The van der Waals surface area contributed by atoms with Gasteiger partial charge in [0.15, 0.2) is 0 Å². The predicted molar refractivity (Wildman–Crippen MR) is 104 cm³/mol. The number of pyridine rings is 1. The van der Waals surface area contributed by atoms with Crippen LogP contribution in [0.15, 0.2) is 42.7 Å². The molecule has 4 rings (SSSR count). The van der Waals surface area contributed by atoms with E-state index < -0.39 is 0 Å². The highest BCUT2D eigenvalue weighted by Gasteiger charge is 2.34. The lowest BCUT2D eigenvalue weighted by molar-refractivity contribution is 0.0704. The largest absolute Gasteiger partial charge is 0.328 e. The number of halogens is 2. The normalized spacial score (nSPS) is 14.4. The van der Waals surface area contributed by atoms with Gasteiger partial charge < -0.3 is 10.6 Å². The Balaban J connectivity index is 1.61. The second kappa shape index (κ2) is 7.33. The van der Waals surface area contributed by atoms with E-state index in [-0.39, 0.29) is 24.3 Å². The molecule has 28 heavy (non-hydrogen) atoms. The Hall–Kier alpha value is -2.77. The minimum Gasteiger partial charge on any atom is -0.328 e. The lowest BCUT2D eigenvalue weighted by Crippen LogP contribution is -2.42. The molecule has 1 amide bonds. The van der Waals surface area contributed by atoms with Crippen LogP contribution in [0.25, 0.3) is 11.3 Å². The maximum absolute atomic E-state index is 13.5. The summed E-state index contributed by atoms with van der Waals surface area (Å²) in [5.74, 6) is -0.465. The number of hydrogen-bond acceptors (Lipinski definition) is 4. The van der Waals surface area contributed by atoms with E-state index in [2.05, 4.69) is 10.1 Å². The molecule has 2 aromatic heterocycles. The van der Waals surface area contributed by atoms with Crippen molar-refractivity contribution in [2.75, 3.05) is 6.54 Å². The lowest BCUT2D eigenvalue weighted by atomic mass is 10.0. The summed E-state index contributed by atoms with van der Waals surface area (Å²) in [6, 6.07) is 8.03. The van der Waals surface area contributed by atoms with E-state index in [1.54, 1.807) is 35.1 Å². The van der Waals surface area contributed by atoms with Crippen LogP contribution < -0.4 is 5.73 Å². The fourth-order valence-electron chi connectivity index (χ4n) is 3.63. The van der Waals surface area contributed by atoms with Crippen molar-refractivity contribution >= 4 is 17.5 Å². The summed E-state index contributed by atoms with van der Waals surface area (Å²) in [4.78, 5) is 19.0. The number of hydrogen-bond donors (Lipinski definition) is 1.